The average Bonchev–Trinajstić information content (AvgIpc) is 2.74. The number of hydrogen-bond acceptors (Lipinski definition) is 5. The highest BCUT2D eigenvalue weighted by molar-refractivity contribution is 5.81. The van der Waals surface area contributed by atoms with Crippen molar-refractivity contribution in [1.82, 2.24) is 5.48 Å². The number of fused-ring (bicyclic) bond motifs is 1. The molecule has 0 amide bonds. The van der Waals surface area contributed by atoms with E-state index in [2.05, 4.69) is 10.5 Å². The van der Waals surface area contributed by atoms with E-state index < -0.39 is 0 Å². The van der Waals surface area contributed by atoms with Crippen molar-refractivity contribution in [3.05, 3.63) is 46.3 Å². The lowest BCUT2D eigenvalue weighted by Gasteiger charge is -2.08. The van der Waals surface area contributed by atoms with Crippen LogP contribution in [-0.2, 0) is 4.84 Å². The highest BCUT2D eigenvalue weighted by atomic mass is 16.7. The third kappa shape index (κ3) is 1.70. The molecule has 5 heteroatoms. The molecule has 2 heterocycles. The van der Waals surface area contributed by atoms with Crippen LogP contribution >= 0.6 is 0 Å². The van der Waals surface area contributed by atoms with Gasteiger partial charge in [-0.2, -0.15) is 0 Å². The lowest BCUT2D eigenvalue weighted by molar-refractivity contribution is 0.179. The van der Waals surface area contributed by atoms with E-state index in [0.29, 0.717) is 11.5 Å². The Bertz CT molecular complexity index is 660. The molecule has 0 aliphatic carbocycles. The molecule has 3 rings (SSSR count). The predicted molar refractivity (Wildman–Crippen MR) is 62.6 cm³/mol. The van der Waals surface area contributed by atoms with Crippen LogP contribution in [0.15, 0.2) is 44.5 Å². The van der Waals surface area contributed by atoms with E-state index in [1.54, 1.807) is 13.0 Å². The summed E-state index contributed by atoms with van der Waals surface area (Å²) < 4.78 is 5.12. The largest absolute Gasteiger partial charge is 0.423 e. The van der Waals surface area contributed by atoms with Crippen LogP contribution in [0.5, 0.6) is 0 Å². The van der Waals surface area contributed by atoms with Crippen molar-refractivity contribution in [3.8, 4) is 0 Å². The van der Waals surface area contributed by atoms with Crippen LogP contribution in [0.4, 0.5) is 0 Å². The fourth-order valence-corrected chi connectivity index (χ4v) is 1.87. The van der Waals surface area contributed by atoms with Gasteiger partial charge in [-0.1, -0.05) is 18.2 Å². The van der Waals surface area contributed by atoms with Crippen LogP contribution in [0, 0.1) is 0 Å². The summed E-state index contributed by atoms with van der Waals surface area (Å²) in [5.41, 5.74) is 3.68. The van der Waals surface area contributed by atoms with Crippen LogP contribution in [0.1, 0.15) is 18.7 Å². The lowest BCUT2D eigenvalue weighted by Crippen LogP contribution is -2.15. The first kappa shape index (κ1) is 10.0. The van der Waals surface area contributed by atoms with E-state index in [0.717, 1.165) is 10.9 Å². The SMILES string of the molecule is CC1=NC(c2cc(=O)oc3ccccc23)NO1. The summed E-state index contributed by atoms with van der Waals surface area (Å²) in [6.45, 7) is 1.75. The van der Waals surface area contributed by atoms with Crippen molar-refractivity contribution in [2.24, 2.45) is 4.99 Å². The van der Waals surface area contributed by atoms with Crippen molar-refractivity contribution < 1.29 is 9.25 Å². The molecule has 1 aromatic carbocycles. The molecule has 0 saturated carbocycles. The number of nitrogens with one attached hydrogen (secondary N) is 1. The average molecular weight is 230 g/mol. The monoisotopic (exact) mass is 230 g/mol. The van der Waals surface area contributed by atoms with Crippen molar-refractivity contribution in [3.63, 3.8) is 0 Å². The summed E-state index contributed by atoms with van der Waals surface area (Å²) in [5, 5.41) is 0.853. The van der Waals surface area contributed by atoms with Gasteiger partial charge in [0, 0.05) is 23.9 Å². The lowest BCUT2D eigenvalue weighted by atomic mass is 10.1. The Balaban J connectivity index is 2.25. The normalized spacial score (nSPS) is 19.1. The molecule has 0 saturated heterocycles. The summed E-state index contributed by atoms with van der Waals surface area (Å²) in [7, 11) is 0. The molecule has 1 N–H and O–H groups in total. The third-order valence-corrected chi connectivity index (χ3v) is 2.61. The number of para-hydroxylation sites is 1. The smallest absolute Gasteiger partial charge is 0.336 e. The summed E-state index contributed by atoms with van der Waals surface area (Å²) in [5.74, 6) is 0.548. The van der Waals surface area contributed by atoms with Crippen molar-refractivity contribution >= 4 is 16.9 Å². The Hall–Kier alpha value is -2.14. The van der Waals surface area contributed by atoms with Crippen LogP contribution in [0.3, 0.4) is 0 Å². The van der Waals surface area contributed by atoms with E-state index in [1.165, 1.54) is 6.07 Å². The van der Waals surface area contributed by atoms with Crippen LogP contribution in [0.25, 0.3) is 11.0 Å². The Morgan fingerprint density at radius 1 is 1.35 bits per heavy atom. The number of rotatable bonds is 1. The second-order valence-electron chi connectivity index (χ2n) is 3.79. The van der Waals surface area contributed by atoms with Gasteiger partial charge in [0.2, 0.25) is 5.90 Å². The zero-order chi connectivity index (χ0) is 11.8. The van der Waals surface area contributed by atoms with E-state index in [1.807, 2.05) is 18.2 Å². The maximum Gasteiger partial charge on any atom is 0.336 e. The van der Waals surface area contributed by atoms with E-state index >= 15 is 0 Å². The first-order valence-corrected chi connectivity index (χ1v) is 5.23. The van der Waals surface area contributed by atoms with Crippen LogP contribution < -0.4 is 11.1 Å². The number of benzene rings is 1. The van der Waals surface area contributed by atoms with Gasteiger partial charge in [0.05, 0.1) is 0 Å². The molecule has 2 aromatic rings. The zero-order valence-corrected chi connectivity index (χ0v) is 9.14. The maximum absolute atomic E-state index is 11.5. The fourth-order valence-electron chi connectivity index (χ4n) is 1.87. The Kier molecular flexibility index (Phi) is 2.19. The Morgan fingerprint density at radius 3 is 2.94 bits per heavy atom. The molecule has 0 bridgehead atoms. The zero-order valence-electron chi connectivity index (χ0n) is 9.14. The first-order chi connectivity index (χ1) is 8.24. The number of hydroxylamine groups is 1. The molecule has 0 spiro atoms. The van der Waals surface area contributed by atoms with Gasteiger partial charge < -0.3 is 9.25 Å². The fraction of sp³-hybridized carbons (Fsp3) is 0.167. The number of hydrogen-bond donors (Lipinski definition) is 1. The quantitative estimate of drug-likeness (QED) is 0.758. The second kappa shape index (κ2) is 3.71. The highest BCUT2D eigenvalue weighted by Crippen LogP contribution is 2.25. The van der Waals surface area contributed by atoms with Crippen LogP contribution in [0.2, 0.25) is 0 Å². The van der Waals surface area contributed by atoms with Crippen LogP contribution in [-0.4, -0.2) is 5.90 Å². The van der Waals surface area contributed by atoms with Crippen molar-refractivity contribution in [1.29, 1.82) is 0 Å². The van der Waals surface area contributed by atoms with Gasteiger partial charge in [-0.3, -0.25) is 0 Å². The topological polar surface area (TPSA) is 63.8 Å². The van der Waals surface area contributed by atoms with Gasteiger partial charge in [-0.25, -0.2) is 9.79 Å². The van der Waals surface area contributed by atoms with Crippen molar-refractivity contribution in [2.45, 2.75) is 13.1 Å². The van der Waals surface area contributed by atoms with Gasteiger partial charge in [-0.15, -0.1) is 5.48 Å². The number of aliphatic imine (C=N–C) groups is 1. The molecule has 0 fully saturated rings. The van der Waals surface area contributed by atoms with Gasteiger partial charge >= 0.3 is 5.63 Å². The second-order valence-corrected chi connectivity index (χ2v) is 3.79. The molecule has 17 heavy (non-hydrogen) atoms. The molecule has 1 aliphatic rings. The standard InChI is InChI=1S/C12H10N2O3/c1-7-13-12(14-17-7)9-6-11(15)16-10-5-3-2-4-8(9)10/h2-6,12,14H,1H3. The maximum atomic E-state index is 11.5. The molecule has 1 aromatic heterocycles. The molecule has 1 unspecified atom stereocenters. The predicted octanol–water partition coefficient (Wildman–Crippen LogP) is 1.74. The third-order valence-electron chi connectivity index (χ3n) is 2.61. The molecule has 0 radical (unpaired) electrons. The minimum atomic E-state index is -0.389. The van der Waals surface area contributed by atoms with E-state index in [4.69, 9.17) is 9.25 Å². The summed E-state index contributed by atoms with van der Waals surface area (Å²) >= 11 is 0. The van der Waals surface area contributed by atoms with E-state index in [9.17, 15) is 4.79 Å². The summed E-state index contributed by atoms with van der Waals surface area (Å²) in [4.78, 5) is 20.8. The van der Waals surface area contributed by atoms with Gasteiger partial charge in [0.25, 0.3) is 0 Å². The molecule has 1 atom stereocenters. The molecule has 1 aliphatic heterocycles. The van der Waals surface area contributed by atoms with Crippen molar-refractivity contribution in [2.75, 3.05) is 0 Å². The molecular weight excluding hydrogens is 220 g/mol. The minimum absolute atomic E-state index is 0.357. The number of nitrogens with zero attached hydrogens (tertiary/aromatic N) is 1. The summed E-state index contributed by atoms with van der Waals surface area (Å²) in [6, 6.07) is 8.79. The Morgan fingerprint density at radius 2 is 2.18 bits per heavy atom. The van der Waals surface area contributed by atoms with Gasteiger partial charge in [0.1, 0.15) is 5.58 Å². The minimum Gasteiger partial charge on any atom is -0.423 e. The molecule has 86 valence electrons. The summed E-state index contributed by atoms with van der Waals surface area (Å²) in [6.07, 6.45) is -0.357. The Labute approximate surface area is 96.7 Å². The van der Waals surface area contributed by atoms with E-state index in [-0.39, 0.29) is 11.8 Å². The highest BCUT2D eigenvalue weighted by Gasteiger charge is 2.20. The molecule has 5 nitrogen and oxygen atoms in total. The first-order valence-electron chi connectivity index (χ1n) is 5.23. The van der Waals surface area contributed by atoms with Gasteiger partial charge in [-0.05, 0) is 6.07 Å². The molecular formula is C12H10N2O3. The van der Waals surface area contributed by atoms with Gasteiger partial charge in [0.15, 0.2) is 6.17 Å².